The zero-order valence-corrected chi connectivity index (χ0v) is 13.6. The Bertz CT molecular complexity index is 528. The van der Waals surface area contributed by atoms with Gasteiger partial charge in [-0.05, 0) is 19.3 Å². The van der Waals surface area contributed by atoms with Crippen LogP contribution in [0.5, 0.6) is 0 Å². The number of rotatable bonds is 4. The van der Waals surface area contributed by atoms with Gasteiger partial charge in [-0.25, -0.2) is 4.98 Å². The molecule has 22 heavy (non-hydrogen) atoms. The van der Waals surface area contributed by atoms with E-state index in [1.54, 1.807) is 6.33 Å². The largest absolute Gasteiger partial charge is 0.375 e. The van der Waals surface area contributed by atoms with E-state index in [2.05, 4.69) is 34.0 Å². The molecule has 2 aliphatic rings. The first-order valence-corrected chi connectivity index (χ1v) is 8.16. The summed E-state index contributed by atoms with van der Waals surface area (Å²) in [7, 11) is 0. The molecule has 6 nitrogen and oxygen atoms in total. The van der Waals surface area contributed by atoms with Gasteiger partial charge in [-0.15, -0.1) is 0 Å². The predicted molar refractivity (Wildman–Crippen MR) is 83.5 cm³/mol. The number of nitrogens with zero attached hydrogens (tertiary/aromatic N) is 2. The number of H-pyrrole nitrogens is 1. The van der Waals surface area contributed by atoms with Crippen LogP contribution < -0.4 is 5.32 Å². The van der Waals surface area contributed by atoms with Gasteiger partial charge in [-0.2, -0.15) is 0 Å². The van der Waals surface area contributed by atoms with Crippen molar-refractivity contribution >= 4 is 5.91 Å². The van der Waals surface area contributed by atoms with Crippen molar-refractivity contribution in [3.63, 3.8) is 0 Å². The number of hydrogen-bond acceptors (Lipinski definition) is 4. The third-order valence-electron chi connectivity index (χ3n) is 4.82. The van der Waals surface area contributed by atoms with Crippen molar-refractivity contribution in [1.82, 2.24) is 20.2 Å². The number of ether oxygens (including phenoxy) is 1. The smallest absolute Gasteiger partial charge is 0.226 e. The summed E-state index contributed by atoms with van der Waals surface area (Å²) in [5, 5.41) is 3.15. The minimum Gasteiger partial charge on any atom is -0.375 e. The fourth-order valence-electron chi connectivity index (χ4n) is 3.40. The van der Waals surface area contributed by atoms with Crippen molar-refractivity contribution in [2.75, 3.05) is 19.7 Å². The molecule has 1 amide bonds. The maximum Gasteiger partial charge on any atom is 0.226 e. The van der Waals surface area contributed by atoms with Gasteiger partial charge in [0.05, 0.1) is 31.2 Å². The van der Waals surface area contributed by atoms with Gasteiger partial charge >= 0.3 is 0 Å². The van der Waals surface area contributed by atoms with E-state index < -0.39 is 0 Å². The number of carbonyl (C=O) groups is 1. The van der Waals surface area contributed by atoms with Crippen molar-refractivity contribution in [3.05, 3.63) is 17.7 Å². The van der Waals surface area contributed by atoms with Crippen LogP contribution in [-0.2, 0) is 16.0 Å². The summed E-state index contributed by atoms with van der Waals surface area (Å²) in [5.41, 5.74) is 1.79. The number of imidazole rings is 1. The van der Waals surface area contributed by atoms with Crippen molar-refractivity contribution < 1.29 is 9.53 Å². The fourth-order valence-corrected chi connectivity index (χ4v) is 3.40. The average molecular weight is 306 g/mol. The third kappa shape index (κ3) is 3.33. The summed E-state index contributed by atoms with van der Waals surface area (Å²) in [6.07, 6.45) is 3.28. The minimum atomic E-state index is 0.0568. The highest BCUT2D eigenvalue weighted by atomic mass is 16.5. The molecule has 1 aromatic heterocycles. The molecule has 0 saturated carbocycles. The Hall–Kier alpha value is -1.40. The Morgan fingerprint density at radius 3 is 3.05 bits per heavy atom. The number of aromatic amines is 1. The molecule has 0 aliphatic carbocycles. The van der Waals surface area contributed by atoms with Crippen LogP contribution in [0.15, 0.2) is 6.33 Å². The summed E-state index contributed by atoms with van der Waals surface area (Å²) >= 11 is 0. The van der Waals surface area contributed by atoms with Gasteiger partial charge in [0.1, 0.15) is 0 Å². The maximum absolute atomic E-state index is 12.2. The van der Waals surface area contributed by atoms with Crippen molar-refractivity contribution in [2.24, 2.45) is 5.92 Å². The van der Waals surface area contributed by atoms with E-state index >= 15 is 0 Å². The van der Waals surface area contributed by atoms with E-state index in [4.69, 9.17) is 4.74 Å². The molecule has 0 bridgehead atoms. The van der Waals surface area contributed by atoms with Crippen LogP contribution in [0.2, 0.25) is 0 Å². The number of nitrogens with one attached hydrogen (secondary N) is 2. The molecule has 0 unspecified atom stereocenters. The first-order chi connectivity index (χ1) is 10.5. The lowest BCUT2D eigenvalue weighted by atomic mass is 10.0. The molecule has 3 heterocycles. The third-order valence-corrected chi connectivity index (χ3v) is 4.82. The molecule has 2 N–H and O–H groups in total. The van der Waals surface area contributed by atoms with Crippen LogP contribution in [0.3, 0.4) is 0 Å². The van der Waals surface area contributed by atoms with E-state index in [1.807, 2.05) is 6.92 Å². The highest BCUT2D eigenvalue weighted by Crippen LogP contribution is 2.25. The van der Waals surface area contributed by atoms with Crippen molar-refractivity contribution in [2.45, 2.75) is 51.8 Å². The molecular formula is C16H26N4O2. The average Bonchev–Trinajstić information content (AvgIpc) is 3.04. The lowest BCUT2D eigenvalue weighted by Gasteiger charge is -2.36. The number of amides is 1. The van der Waals surface area contributed by atoms with Crippen LogP contribution >= 0.6 is 0 Å². The molecule has 2 saturated heterocycles. The van der Waals surface area contributed by atoms with E-state index in [1.165, 1.54) is 0 Å². The van der Waals surface area contributed by atoms with Gasteiger partial charge in [0.2, 0.25) is 5.91 Å². The summed E-state index contributed by atoms with van der Waals surface area (Å²) in [5.74, 6) is 0.596. The van der Waals surface area contributed by atoms with Gasteiger partial charge < -0.3 is 15.0 Å². The molecule has 0 radical (unpaired) electrons. The van der Waals surface area contributed by atoms with Crippen LogP contribution in [-0.4, -0.2) is 58.7 Å². The molecule has 0 spiro atoms. The molecule has 1 aromatic rings. The Balaban J connectivity index is 1.51. The Morgan fingerprint density at radius 2 is 2.36 bits per heavy atom. The molecular weight excluding hydrogens is 280 g/mol. The Kier molecular flexibility index (Phi) is 4.49. The molecule has 2 fully saturated rings. The second-order valence-electron chi connectivity index (χ2n) is 6.87. The number of morpholine rings is 1. The molecule has 3 atom stereocenters. The number of aromatic nitrogens is 2. The van der Waals surface area contributed by atoms with Crippen LogP contribution in [0, 0.1) is 12.8 Å². The summed E-state index contributed by atoms with van der Waals surface area (Å²) in [6.45, 7) is 9.04. The van der Waals surface area contributed by atoms with Crippen LogP contribution in [0.1, 0.15) is 31.7 Å². The van der Waals surface area contributed by atoms with Crippen LogP contribution in [0.4, 0.5) is 0 Å². The van der Waals surface area contributed by atoms with Gasteiger partial charge in [0.25, 0.3) is 0 Å². The van der Waals surface area contributed by atoms with E-state index in [9.17, 15) is 4.79 Å². The monoisotopic (exact) mass is 306 g/mol. The minimum absolute atomic E-state index is 0.0568. The quantitative estimate of drug-likeness (QED) is 0.866. The standard InChI is InChI=1S/C16H26N4O2/c1-10(2)15-7-20-6-12(4-13(20)8-22-15)19-16(21)5-14-11(3)17-9-18-14/h9-10,12-13,15H,4-8H2,1-3H3,(H,17,18)(H,19,21)/t12-,13+,15-/m1/s1. The zero-order valence-electron chi connectivity index (χ0n) is 13.6. The van der Waals surface area contributed by atoms with E-state index in [0.29, 0.717) is 24.5 Å². The number of hydrogen-bond donors (Lipinski definition) is 2. The summed E-state index contributed by atoms with van der Waals surface area (Å²) in [4.78, 5) is 21.8. The topological polar surface area (TPSA) is 70.2 Å². The lowest BCUT2D eigenvalue weighted by Crippen LogP contribution is -2.48. The molecule has 6 heteroatoms. The van der Waals surface area contributed by atoms with Gasteiger partial charge in [-0.3, -0.25) is 9.69 Å². The summed E-state index contributed by atoms with van der Waals surface area (Å²) in [6, 6.07) is 0.679. The predicted octanol–water partition coefficient (Wildman–Crippen LogP) is 0.875. The van der Waals surface area contributed by atoms with Gasteiger partial charge in [-0.1, -0.05) is 13.8 Å². The molecule has 2 aliphatic heterocycles. The van der Waals surface area contributed by atoms with Crippen molar-refractivity contribution in [1.29, 1.82) is 0 Å². The fraction of sp³-hybridized carbons (Fsp3) is 0.750. The Morgan fingerprint density at radius 1 is 1.55 bits per heavy atom. The first-order valence-electron chi connectivity index (χ1n) is 8.16. The van der Waals surface area contributed by atoms with E-state index in [0.717, 1.165) is 37.5 Å². The second-order valence-corrected chi connectivity index (χ2v) is 6.87. The van der Waals surface area contributed by atoms with Gasteiger partial charge in [0, 0.05) is 30.9 Å². The first kappa shape index (κ1) is 15.5. The number of carbonyl (C=O) groups excluding carboxylic acids is 1. The highest BCUT2D eigenvalue weighted by Gasteiger charge is 2.38. The molecule has 122 valence electrons. The number of fused-ring (bicyclic) bond motifs is 1. The second kappa shape index (κ2) is 6.38. The maximum atomic E-state index is 12.2. The molecule has 0 aromatic carbocycles. The Labute approximate surface area is 131 Å². The normalized spacial score (nSPS) is 28.8. The summed E-state index contributed by atoms with van der Waals surface area (Å²) < 4.78 is 5.94. The SMILES string of the molecule is Cc1[nH]cnc1CC(=O)N[C@@H]1C[C@H]2CO[C@@H](C(C)C)CN2C1. The van der Waals surface area contributed by atoms with E-state index in [-0.39, 0.29) is 11.9 Å². The highest BCUT2D eigenvalue weighted by molar-refractivity contribution is 5.78. The van der Waals surface area contributed by atoms with Crippen molar-refractivity contribution in [3.8, 4) is 0 Å². The zero-order chi connectivity index (χ0) is 15.7. The molecule has 3 rings (SSSR count). The lowest BCUT2D eigenvalue weighted by molar-refractivity contribution is -0.121. The van der Waals surface area contributed by atoms with Crippen LogP contribution in [0.25, 0.3) is 0 Å². The van der Waals surface area contributed by atoms with Gasteiger partial charge in [0.15, 0.2) is 0 Å². The number of aryl methyl sites for hydroxylation is 1.